The molecule has 0 bridgehead atoms. The van der Waals surface area contributed by atoms with Crippen LogP contribution in [0.1, 0.15) is 24.4 Å². The largest absolute Gasteiger partial charge is 0.394 e. The van der Waals surface area contributed by atoms with Crippen molar-refractivity contribution in [2.24, 2.45) is 5.92 Å². The van der Waals surface area contributed by atoms with Crippen LogP contribution in [0, 0.1) is 5.92 Å². The lowest BCUT2D eigenvalue weighted by molar-refractivity contribution is 0.259. The molecule has 0 amide bonds. The van der Waals surface area contributed by atoms with E-state index >= 15 is 0 Å². The molecular weight excluding hydrogens is 238 g/mol. The average molecular weight is 255 g/mol. The Hall–Kier alpha value is -0.910. The van der Waals surface area contributed by atoms with E-state index in [-0.39, 0.29) is 12.4 Å². The van der Waals surface area contributed by atoms with Crippen molar-refractivity contribution in [1.82, 2.24) is 4.72 Å². The summed E-state index contributed by atoms with van der Waals surface area (Å²) in [6.07, 6.45) is 1.99. The van der Waals surface area contributed by atoms with Gasteiger partial charge in [-0.25, -0.2) is 13.1 Å². The summed E-state index contributed by atoms with van der Waals surface area (Å²) < 4.78 is 26.2. The van der Waals surface area contributed by atoms with Gasteiger partial charge < -0.3 is 5.11 Å². The van der Waals surface area contributed by atoms with Gasteiger partial charge in [0, 0.05) is 0 Å². The number of aliphatic hydroxyl groups excluding tert-OH is 1. The molecule has 5 heteroatoms. The lowest BCUT2D eigenvalue weighted by Gasteiger charge is -2.16. The number of hydrogen-bond donors (Lipinski definition) is 2. The standard InChI is InChI=1S/C12H17NO3S/c14-8-12(11-4-2-1-3-5-11)13-17(15,16)9-10-6-7-10/h1-5,10,12-14H,6-9H2. The van der Waals surface area contributed by atoms with Gasteiger partial charge in [-0.15, -0.1) is 0 Å². The van der Waals surface area contributed by atoms with Crippen molar-refractivity contribution in [3.8, 4) is 0 Å². The van der Waals surface area contributed by atoms with E-state index in [1.165, 1.54) is 0 Å². The van der Waals surface area contributed by atoms with E-state index in [0.29, 0.717) is 5.92 Å². The van der Waals surface area contributed by atoms with Gasteiger partial charge in [-0.05, 0) is 24.3 Å². The Bertz CT molecular complexity index is 454. The van der Waals surface area contributed by atoms with Gasteiger partial charge in [0.1, 0.15) is 0 Å². The first-order valence-electron chi connectivity index (χ1n) is 5.76. The third-order valence-corrected chi connectivity index (χ3v) is 4.41. The molecule has 2 rings (SSSR count). The Morgan fingerprint density at radius 3 is 2.47 bits per heavy atom. The topological polar surface area (TPSA) is 66.4 Å². The van der Waals surface area contributed by atoms with Crippen LogP contribution in [0.25, 0.3) is 0 Å². The number of benzene rings is 1. The van der Waals surface area contributed by atoms with E-state index in [0.717, 1.165) is 18.4 Å². The summed E-state index contributed by atoms with van der Waals surface area (Å²) in [6, 6.07) is 8.58. The van der Waals surface area contributed by atoms with Crippen LogP contribution in [0.5, 0.6) is 0 Å². The second kappa shape index (κ2) is 5.16. The molecule has 94 valence electrons. The van der Waals surface area contributed by atoms with Gasteiger partial charge in [-0.3, -0.25) is 0 Å². The molecule has 0 aliphatic heterocycles. The fraction of sp³-hybridized carbons (Fsp3) is 0.500. The van der Waals surface area contributed by atoms with Gasteiger partial charge in [0.25, 0.3) is 0 Å². The summed E-state index contributed by atoms with van der Waals surface area (Å²) in [4.78, 5) is 0. The molecule has 4 nitrogen and oxygen atoms in total. The molecule has 1 aromatic rings. The van der Waals surface area contributed by atoms with Crippen LogP contribution >= 0.6 is 0 Å². The molecule has 1 fully saturated rings. The van der Waals surface area contributed by atoms with Crippen molar-refractivity contribution >= 4 is 10.0 Å². The lowest BCUT2D eigenvalue weighted by atomic mass is 10.1. The highest BCUT2D eigenvalue weighted by Crippen LogP contribution is 2.30. The van der Waals surface area contributed by atoms with Gasteiger partial charge in [-0.2, -0.15) is 0 Å². The molecule has 1 saturated carbocycles. The predicted molar refractivity (Wildman–Crippen MR) is 65.9 cm³/mol. The van der Waals surface area contributed by atoms with E-state index in [2.05, 4.69) is 4.72 Å². The highest BCUT2D eigenvalue weighted by atomic mass is 32.2. The second-order valence-electron chi connectivity index (χ2n) is 4.49. The maximum atomic E-state index is 11.8. The van der Waals surface area contributed by atoms with Gasteiger partial charge in [0.15, 0.2) is 0 Å². The highest BCUT2D eigenvalue weighted by molar-refractivity contribution is 7.89. The molecule has 1 aromatic carbocycles. The third kappa shape index (κ3) is 3.80. The van der Waals surface area contributed by atoms with Gasteiger partial charge in [0.05, 0.1) is 18.4 Å². The van der Waals surface area contributed by atoms with Crippen LogP contribution in [0.4, 0.5) is 0 Å². The summed E-state index contributed by atoms with van der Waals surface area (Å²) >= 11 is 0. The number of sulfonamides is 1. The molecule has 0 radical (unpaired) electrons. The number of aliphatic hydroxyl groups is 1. The highest BCUT2D eigenvalue weighted by Gasteiger charge is 2.29. The van der Waals surface area contributed by atoms with Gasteiger partial charge in [0.2, 0.25) is 10.0 Å². The van der Waals surface area contributed by atoms with E-state index in [4.69, 9.17) is 0 Å². The molecule has 2 N–H and O–H groups in total. The fourth-order valence-corrected chi connectivity index (χ4v) is 3.45. The van der Waals surface area contributed by atoms with Crippen molar-refractivity contribution < 1.29 is 13.5 Å². The Labute approximate surface area is 102 Å². The molecule has 17 heavy (non-hydrogen) atoms. The summed E-state index contributed by atoms with van der Waals surface area (Å²) in [7, 11) is -3.29. The van der Waals surface area contributed by atoms with E-state index < -0.39 is 16.1 Å². The molecule has 1 atom stereocenters. The van der Waals surface area contributed by atoms with Crippen molar-refractivity contribution in [2.75, 3.05) is 12.4 Å². The zero-order valence-corrected chi connectivity index (χ0v) is 10.4. The molecule has 1 aliphatic rings. The molecule has 0 spiro atoms. The number of nitrogens with one attached hydrogen (secondary N) is 1. The monoisotopic (exact) mass is 255 g/mol. The smallest absolute Gasteiger partial charge is 0.212 e. The predicted octanol–water partition coefficient (Wildman–Crippen LogP) is 1.05. The van der Waals surface area contributed by atoms with E-state index in [1.54, 1.807) is 12.1 Å². The van der Waals surface area contributed by atoms with Crippen molar-refractivity contribution in [3.63, 3.8) is 0 Å². The third-order valence-electron chi connectivity index (χ3n) is 2.86. The van der Waals surface area contributed by atoms with E-state index in [1.807, 2.05) is 18.2 Å². The Morgan fingerprint density at radius 1 is 1.29 bits per heavy atom. The molecule has 0 heterocycles. The van der Waals surface area contributed by atoms with Crippen LogP contribution in [-0.4, -0.2) is 25.9 Å². The second-order valence-corrected chi connectivity index (χ2v) is 6.29. The van der Waals surface area contributed by atoms with Crippen molar-refractivity contribution in [1.29, 1.82) is 0 Å². The Balaban J connectivity index is 2.04. The zero-order valence-electron chi connectivity index (χ0n) is 9.54. The molecular formula is C12H17NO3S. The fourth-order valence-electron chi connectivity index (χ4n) is 1.76. The first kappa shape index (κ1) is 12.5. The zero-order chi connectivity index (χ0) is 12.3. The molecule has 0 aromatic heterocycles. The summed E-state index contributed by atoms with van der Waals surface area (Å²) in [5.74, 6) is 0.485. The van der Waals surface area contributed by atoms with Gasteiger partial charge in [-0.1, -0.05) is 30.3 Å². The molecule has 1 aliphatic carbocycles. The van der Waals surface area contributed by atoms with Crippen LogP contribution in [0.15, 0.2) is 30.3 Å². The molecule has 1 unspecified atom stereocenters. The number of hydrogen-bond acceptors (Lipinski definition) is 3. The SMILES string of the molecule is O=S(=O)(CC1CC1)NC(CO)c1ccccc1. The first-order chi connectivity index (χ1) is 8.11. The minimum Gasteiger partial charge on any atom is -0.394 e. The lowest BCUT2D eigenvalue weighted by Crippen LogP contribution is -2.33. The van der Waals surface area contributed by atoms with Crippen LogP contribution in [0.3, 0.4) is 0 Å². The maximum absolute atomic E-state index is 11.8. The van der Waals surface area contributed by atoms with Crippen molar-refractivity contribution in [2.45, 2.75) is 18.9 Å². The van der Waals surface area contributed by atoms with Crippen LogP contribution in [0.2, 0.25) is 0 Å². The molecule has 0 saturated heterocycles. The maximum Gasteiger partial charge on any atom is 0.212 e. The summed E-state index contributed by atoms with van der Waals surface area (Å²) in [6.45, 7) is -0.228. The normalized spacial score (nSPS) is 17.9. The number of rotatable bonds is 6. The quantitative estimate of drug-likeness (QED) is 0.798. The van der Waals surface area contributed by atoms with Crippen molar-refractivity contribution in [3.05, 3.63) is 35.9 Å². The van der Waals surface area contributed by atoms with Crippen LogP contribution < -0.4 is 4.72 Å². The Kier molecular flexibility index (Phi) is 3.81. The Morgan fingerprint density at radius 2 is 1.94 bits per heavy atom. The van der Waals surface area contributed by atoms with E-state index in [9.17, 15) is 13.5 Å². The first-order valence-corrected chi connectivity index (χ1v) is 7.42. The average Bonchev–Trinajstić information content (AvgIpc) is 3.10. The minimum absolute atomic E-state index is 0.177. The van der Waals surface area contributed by atoms with Gasteiger partial charge >= 0.3 is 0 Å². The minimum atomic E-state index is -3.29. The summed E-state index contributed by atoms with van der Waals surface area (Å²) in [5, 5.41) is 9.27. The van der Waals surface area contributed by atoms with Crippen LogP contribution in [-0.2, 0) is 10.0 Å². The summed E-state index contributed by atoms with van der Waals surface area (Å²) in [5.41, 5.74) is 0.786.